The summed E-state index contributed by atoms with van der Waals surface area (Å²) in [5, 5.41) is 8.59. The molecule has 9 heteroatoms. The van der Waals surface area contributed by atoms with Crippen molar-refractivity contribution < 1.29 is 14.3 Å². The number of carbonyl (C=O) groups excluding carboxylic acids is 2. The highest BCUT2D eigenvalue weighted by Gasteiger charge is 2.26. The number of esters is 1. The average Bonchev–Trinajstić information content (AvgIpc) is 3.66. The van der Waals surface area contributed by atoms with Crippen molar-refractivity contribution in [2.24, 2.45) is 5.92 Å². The lowest BCUT2D eigenvalue weighted by molar-refractivity contribution is -0.121. The Bertz CT molecular complexity index is 2120. The fourth-order valence-electron chi connectivity index (χ4n) is 6.53. The molecule has 0 spiro atoms. The second-order valence-electron chi connectivity index (χ2n) is 12.2. The van der Waals surface area contributed by atoms with Gasteiger partial charge in [0.1, 0.15) is 6.61 Å². The van der Waals surface area contributed by atoms with Crippen molar-refractivity contribution in [1.82, 2.24) is 24.5 Å². The fraction of sp³-hybridized carbons (Fsp3) is 0.216. The van der Waals surface area contributed by atoms with Crippen LogP contribution in [0, 0.1) is 12.8 Å². The number of anilines is 1. The molecule has 1 amide bonds. The predicted octanol–water partition coefficient (Wildman–Crippen LogP) is 6.44. The number of aromatic nitrogens is 4. The lowest BCUT2D eigenvalue weighted by Gasteiger charge is -2.31. The van der Waals surface area contributed by atoms with Gasteiger partial charge in [-0.1, -0.05) is 60.7 Å². The van der Waals surface area contributed by atoms with Gasteiger partial charge in [-0.3, -0.25) is 9.69 Å². The monoisotopic (exact) mass is 608 g/mol. The third-order valence-corrected chi connectivity index (χ3v) is 9.01. The topological polar surface area (TPSA) is 102 Å². The second kappa shape index (κ2) is 11.5. The van der Waals surface area contributed by atoms with Crippen molar-refractivity contribution >= 4 is 34.2 Å². The van der Waals surface area contributed by atoms with E-state index in [0.717, 1.165) is 82.8 Å². The maximum absolute atomic E-state index is 13.0. The number of piperidine rings is 1. The number of nitrogens with zero attached hydrogens (tertiary/aromatic N) is 5. The first kappa shape index (κ1) is 28.1. The molecule has 228 valence electrons. The third-order valence-electron chi connectivity index (χ3n) is 9.01. The molecule has 0 bridgehead atoms. The number of fused-ring (bicyclic) bond motifs is 4. The third kappa shape index (κ3) is 5.28. The van der Waals surface area contributed by atoms with Crippen LogP contribution in [0.2, 0.25) is 0 Å². The Labute approximate surface area is 265 Å². The molecule has 1 N–H and O–H groups in total. The van der Waals surface area contributed by atoms with E-state index < -0.39 is 0 Å². The van der Waals surface area contributed by atoms with Gasteiger partial charge in [0.05, 0.1) is 17.0 Å². The van der Waals surface area contributed by atoms with Gasteiger partial charge >= 0.3 is 5.97 Å². The van der Waals surface area contributed by atoms with Gasteiger partial charge in [-0.05, 0) is 62.2 Å². The van der Waals surface area contributed by atoms with E-state index in [-0.39, 0.29) is 17.8 Å². The summed E-state index contributed by atoms with van der Waals surface area (Å²) < 4.78 is 6.90. The van der Waals surface area contributed by atoms with Gasteiger partial charge < -0.3 is 10.1 Å². The predicted molar refractivity (Wildman–Crippen MR) is 176 cm³/mol. The Morgan fingerprint density at radius 3 is 2.54 bits per heavy atom. The molecule has 8 rings (SSSR count). The van der Waals surface area contributed by atoms with E-state index in [9.17, 15) is 9.59 Å². The summed E-state index contributed by atoms with van der Waals surface area (Å²) in [7, 11) is 0. The molecule has 46 heavy (non-hydrogen) atoms. The first-order valence-corrected chi connectivity index (χ1v) is 15.6. The lowest BCUT2D eigenvalue weighted by Crippen LogP contribution is -2.37. The van der Waals surface area contributed by atoms with Gasteiger partial charge in [0.25, 0.3) is 0 Å². The van der Waals surface area contributed by atoms with Crippen LogP contribution in [-0.4, -0.2) is 49.4 Å². The molecule has 2 aliphatic rings. The first-order valence-electron chi connectivity index (χ1n) is 15.6. The van der Waals surface area contributed by atoms with Crippen LogP contribution in [0.25, 0.3) is 39.1 Å². The first-order chi connectivity index (χ1) is 22.5. The molecule has 2 aliphatic heterocycles. The Balaban J connectivity index is 0.975. The number of hydrogen-bond acceptors (Lipinski definition) is 7. The van der Waals surface area contributed by atoms with Crippen molar-refractivity contribution in [3.8, 4) is 22.4 Å². The number of benzene rings is 3. The van der Waals surface area contributed by atoms with E-state index in [1.165, 1.54) is 5.56 Å². The fourth-order valence-corrected chi connectivity index (χ4v) is 6.53. The standard InChI is InChI=1S/C37H32N6O3/c1-23-17-33-38-20-29-18-31(25-5-3-2-4-6-25)34(40-35(29)43(33)41-23)26-9-7-24(8-10-26)21-42-15-13-27(14-16-42)36(44)39-30-12-11-28-22-46-37(45)32(28)19-30/h2-12,17-20,27H,13-16,21-22H2,1H3,(H,39,44). The quantitative estimate of drug-likeness (QED) is 0.217. The van der Waals surface area contributed by atoms with E-state index in [2.05, 4.69) is 62.8 Å². The SMILES string of the molecule is Cc1cc2ncc3cc(-c4ccccc4)c(-c4ccc(CN5CCC(C(=O)Nc6ccc7c(c6)C(=O)OC7)CC5)cc4)nc3n2n1. The van der Waals surface area contributed by atoms with Crippen molar-refractivity contribution in [1.29, 1.82) is 0 Å². The molecule has 3 aromatic heterocycles. The zero-order valence-corrected chi connectivity index (χ0v) is 25.4. The maximum atomic E-state index is 13.0. The summed E-state index contributed by atoms with van der Waals surface area (Å²) in [5.74, 6) is -0.388. The zero-order chi connectivity index (χ0) is 31.2. The summed E-state index contributed by atoms with van der Waals surface area (Å²) >= 11 is 0. The van der Waals surface area contributed by atoms with Gasteiger partial charge in [0, 0.05) is 52.5 Å². The zero-order valence-electron chi connectivity index (χ0n) is 25.4. The van der Waals surface area contributed by atoms with Crippen LogP contribution in [0.15, 0.2) is 91.1 Å². The van der Waals surface area contributed by atoms with Crippen LogP contribution < -0.4 is 5.32 Å². The van der Waals surface area contributed by atoms with Crippen LogP contribution in [-0.2, 0) is 22.7 Å². The van der Waals surface area contributed by atoms with E-state index in [0.29, 0.717) is 17.9 Å². The number of cyclic esters (lactones) is 1. The minimum absolute atomic E-state index is 0.00533. The molecule has 0 atom stereocenters. The summed E-state index contributed by atoms with van der Waals surface area (Å²) in [6.45, 7) is 4.76. The number of ether oxygens (including phenoxy) is 1. The lowest BCUT2D eigenvalue weighted by atomic mass is 9.95. The van der Waals surface area contributed by atoms with Gasteiger partial charge in [0.2, 0.25) is 5.91 Å². The maximum Gasteiger partial charge on any atom is 0.338 e. The molecule has 9 nitrogen and oxygen atoms in total. The number of hydrogen-bond donors (Lipinski definition) is 1. The summed E-state index contributed by atoms with van der Waals surface area (Å²) in [6.07, 6.45) is 3.44. The van der Waals surface area contributed by atoms with Crippen LogP contribution in [0.3, 0.4) is 0 Å². The van der Waals surface area contributed by atoms with E-state index in [1.54, 1.807) is 6.07 Å². The van der Waals surface area contributed by atoms with Gasteiger partial charge in [-0.2, -0.15) is 9.61 Å². The van der Waals surface area contributed by atoms with E-state index in [4.69, 9.17) is 9.72 Å². The normalized spacial score (nSPS) is 15.3. The Morgan fingerprint density at radius 1 is 0.935 bits per heavy atom. The number of nitrogens with one attached hydrogen (secondary N) is 1. The van der Waals surface area contributed by atoms with Gasteiger partial charge in [-0.15, -0.1) is 0 Å². The van der Waals surface area contributed by atoms with E-state index in [1.807, 2.05) is 54.0 Å². The Kier molecular flexibility index (Phi) is 7.02. The second-order valence-corrected chi connectivity index (χ2v) is 12.2. The van der Waals surface area contributed by atoms with Crippen LogP contribution in [0.1, 0.15) is 40.0 Å². The van der Waals surface area contributed by atoms with Crippen molar-refractivity contribution in [3.63, 3.8) is 0 Å². The van der Waals surface area contributed by atoms with Gasteiger partial charge in [-0.25, -0.2) is 14.8 Å². The molecule has 0 unspecified atom stereocenters. The van der Waals surface area contributed by atoms with Gasteiger partial charge in [0.15, 0.2) is 11.3 Å². The molecule has 0 aliphatic carbocycles. The van der Waals surface area contributed by atoms with E-state index >= 15 is 0 Å². The Hall–Kier alpha value is -5.41. The molecule has 0 radical (unpaired) electrons. The molecule has 1 saturated heterocycles. The highest BCUT2D eigenvalue weighted by atomic mass is 16.5. The minimum Gasteiger partial charge on any atom is -0.457 e. The van der Waals surface area contributed by atoms with Crippen molar-refractivity contribution in [2.45, 2.75) is 32.9 Å². The molecule has 6 aromatic rings. The van der Waals surface area contributed by atoms with Crippen LogP contribution in [0.5, 0.6) is 0 Å². The summed E-state index contributed by atoms with van der Waals surface area (Å²) in [4.78, 5) is 37.1. The molecule has 5 heterocycles. The highest BCUT2D eigenvalue weighted by molar-refractivity contribution is 5.97. The number of pyridine rings is 1. The van der Waals surface area contributed by atoms with Crippen LogP contribution in [0.4, 0.5) is 5.69 Å². The molecule has 1 fully saturated rings. The Morgan fingerprint density at radius 2 is 1.74 bits per heavy atom. The van der Waals surface area contributed by atoms with Crippen LogP contribution >= 0.6 is 0 Å². The number of likely N-dealkylation sites (tertiary alicyclic amines) is 1. The van der Waals surface area contributed by atoms with Crippen molar-refractivity contribution in [2.75, 3.05) is 18.4 Å². The smallest absolute Gasteiger partial charge is 0.338 e. The number of rotatable bonds is 6. The number of amides is 1. The largest absolute Gasteiger partial charge is 0.457 e. The number of aryl methyl sites for hydroxylation is 1. The summed E-state index contributed by atoms with van der Waals surface area (Å²) in [5.41, 5.74) is 9.79. The highest BCUT2D eigenvalue weighted by Crippen LogP contribution is 2.34. The van der Waals surface area contributed by atoms with Crippen molar-refractivity contribution in [3.05, 3.63) is 114 Å². The molecular weight excluding hydrogens is 576 g/mol. The number of carbonyl (C=O) groups is 2. The molecule has 3 aromatic carbocycles. The summed E-state index contributed by atoms with van der Waals surface area (Å²) in [6, 6.07) is 28.5. The molecular formula is C37H32N6O3. The molecule has 0 saturated carbocycles. The average molecular weight is 609 g/mol. The minimum atomic E-state index is -0.333.